The molecule has 0 saturated carbocycles. The number of carbonyl (C=O) groups excluding carboxylic acids is 1. The van der Waals surface area contributed by atoms with Crippen molar-refractivity contribution in [2.75, 3.05) is 33.0 Å². The summed E-state index contributed by atoms with van der Waals surface area (Å²) in [6.07, 6.45) is 48.9. The molecule has 0 spiro atoms. The number of hydrogen-bond donors (Lipinski definition) is 3. The molecule has 56 heavy (non-hydrogen) atoms. The Balaban J connectivity index is 4.19. The zero-order valence-corrected chi connectivity index (χ0v) is 36.5. The fourth-order valence-corrected chi connectivity index (χ4v) is 6.60. The molecule has 0 radical (unpaired) electrons. The average Bonchev–Trinajstić information content (AvgIpc) is 3.19. The lowest BCUT2D eigenvalue weighted by Gasteiger charge is -2.20. The van der Waals surface area contributed by atoms with E-state index in [0.29, 0.717) is 13.0 Å². The van der Waals surface area contributed by atoms with E-state index in [1.54, 1.807) is 0 Å². The molecule has 0 aliphatic heterocycles. The Hall–Kier alpha value is -1.84. The summed E-state index contributed by atoms with van der Waals surface area (Å²) in [5, 5.41) is 18.4. The zero-order valence-electron chi connectivity index (χ0n) is 35.6. The normalized spacial score (nSPS) is 14.6. The van der Waals surface area contributed by atoms with E-state index in [9.17, 15) is 19.4 Å². The Kier molecular flexibility index (Phi) is 41.4. The standard InChI is InChI=1S/C46H83O9P/c1-3-5-7-9-11-13-15-17-19-21-23-25-27-29-31-33-35-37-39-52-42-45(43-54-56(50,51)53-41-44(48)40-47)55-46(49)38-36-34-32-30-28-26-24-22-20-18-16-14-12-10-8-6-4-2/h6,8,11-14,17-20,44-45,47-48H,3-5,7,9-10,15-16,21-43H2,1-2H3,(H,50,51)/b8-6-,13-11-,14-12-,19-17-,20-18-. The Morgan fingerprint density at radius 1 is 0.571 bits per heavy atom. The Morgan fingerprint density at radius 2 is 1.02 bits per heavy atom. The first kappa shape index (κ1) is 54.2. The highest BCUT2D eigenvalue weighted by Gasteiger charge is 2.26. The fraction of sp³-hybridized carbons (Fsp3) is 0.761. The first-order valence-electron chi connectivity index (χ1n) is 22.3. The number of ether oxygens (including phenoxy) is 2. The summed E-state index contributed by atoms with van der Waals surface area (Å²) < 4.78 is 33.4. The van der Waals surface area contributed by atoms with Crippen LogP contribution in [0.15, 0.2) is 60.8 Å². The van der Waals surface area contributed by atoms with Gasteiger partial charge in [0.05, 0.1) is 26.4 Å². The maximum atomic E-state index is 12.6. The SMILES string of the molecule is CC/C=C\C/C=C\C/C=C\CCCCCCCCCC(=O)OC(COCCCCCCCCCC/C=C\C/C=C\CCCCC)COP(=O)(O)OCC(O)CO. The minimum Gasteiger partial charge on any atom is -0.457 e. The molecule has 0 bridgehead atoms. The largest absolute Gasteiger partial charge is 0.472 e. The first-order chi connectivity index (χ1) is 27.3. The van der Waals surface area contributed by atoms with Crippen LogP contribution >= 0.6 is 7.82 Å². The van der Waals surface area contributed by atoms with Gasteiger partial charge in [-0.25, -0.2) is 4.57 Å². The molecule has 0 aromatic rings. The second-order valence-electron chi connectivity index (χ2n) is 14.7. The monoisotopic (exact) mass is 811 g/mol. The Labute approximate surface area is 342 Å². The van der Waals surface area contributed by atoms with E-state index in [4.69, 9.17) is 23.6 Å². The van der Waals surface area contributed by atoms with Gasteiger partial charge in [-0.2, -0.15) is 0 Å². The predicted molar refractivity (Wildman–Crippen MR) is 233 cm³/mol. The van der Waals surface area contributed by atoms with Crippen LogP contribution in [0, 0.1) is 0 Å². The van der Waals surface area contributed by atoms with E-state index in [1.807, 2.05) is 0 Å². The van der Waals surface area contributed by atoms with Crippen molar-refractivity contribution in [3.05, 3.63) is 60.8 Å². The first-order valence-corrected chi connectivity index (χ1v) is 23.8. The van der Waals surface area contributed by atoms with Gasteiger partial charge in [-0.05, 0) is 77.0 Å². The minimum absolute atomic E-state index is 0.0389. The van der Waals surface area contributed by atoms with Crippen molar-refractivity contribution in [1.29, 1.82) is 0 Å². The number of aliphatic hydroxyl groups excluding tert-OH is 2. The smallest absolute Gasteiger partial charge is 0.457 e. The highest BCUT2D eigenvalue weighted by Crippen LogP contribution is 2.43. The lowest BCUT2D eigenvalue weighted by atomic mass is 10.1. The summed E-state index contributed by atoms with van der Waals surface area (Å²) in [6, 6.07) is 0. The molecule has 0 heterocycles. The number of phosphoric acid groups is 1. The third-order valence-corrected chi connectivity index (χ3v) is 10.1. The minimum atomic E-state index is -4.53. The number of unbranched alkanes of at least 4 members (excludes halogenated alkanes) is 18. The maximum absolute atomic E-state index is 12.6. The molecular formula is C46H83O9P. The number of carbonyl (C=O) groups is 1. The molecule has 0 aromatic heterocycles. The number of hydrogen-bond acceptors (Lipinski definition) is 8. The van der Waals surface area contributed by atoms with Crippen LogP contribution in [0.5, 0.6) is 0 Å². The molecule has 0 rings (SSSR count). The van der Waals surface area contributed by atoms with Gasteiger partial charge in [-0.15, -0.1) is 0 Å². The summed E-state index contributed by atoms with van der Waals surface area (Å²) in [4.78, 5) is 22.6. The summed E-state index contributed by atoms with van der Waals surface area (Å²) >= 11 is 0. The molecule has 9 nitrogen and oxygen atoms in total. The average molecular weight is 811 g/mol. The highest BCUT2D eigenvalue weighted by molar-refractivity contribution is 7.47. The fourth-order valence-electron chi connectivity index (χ4n) is 5.81. The van der Waals surface area contributed by atoms with E-state index in [0.717, 1.165) is 77.0 Å². The Morgan fingerprint density at radius 3 is 1.54 bits per heavy atom. The van der Waals surface area contributed by atoms with Crippen molar-refractivity contribution in [3.8, 4) is 0 Å². The highest BCUT2D eigenvalue weighted by atomic mass is 31.2. The summed E-state index contributed by atoms with van der Waals surface area (Å²) in [5.74, 6) is -0.396. The van der Waals surface area contributed by atoms with Crippen LogP contribution in [-0.4, -0.2) is 66.3 Å². The van der Waals surface area contributed by atoms with Crippen LogP contribution in [-0.2, 0) is 27.9 Å². The van der Waals surface area contributed by atoms with Gasteiger partial charge >= 0.3 is 13.8 Å². The maximum Gasteiger partial charge on any atom is 0.472 e. The van der Waals surface area contributed by atoms with Crippen molar-refractivity contribution in [2.24, 2.45) is 0 Å². The van der Waals surface area contributed by atoms with Gasteiger partial charge in [0.2, 0.25) is 0 Å². The third-order valence-electron chi connectivity index (χ3n) is 9.19. The Bertz CT molecular complexity index is 1060. The van der Waals surface area contributed by atoms with E-state index in [2.05, 4.69) is 74.6 Å². The van der Waals surface area contributed by atoms with Crippen LogP contribution < -0.4 is 0 Å². The number of esters is 1. The number of rotatable bonds is 42. The van der Waals surface area contributed by atoms with Gasteiger partial charge in [-0.1, -0.05) is 158 Å². The molecule has 0 saturated heterocycles. The van der Waals surface area contributed by atoms with Crippen molar-refractivity contribution in [1.82, 2.24) is 0 Å². The second-order valence-corrected chi connectivity index (χ2v) is 16.1. The van der Waals surface area contributed by atoms with Crippen molar-refractivity contribution >= 4 is 13.8 Å². The molecule has 0 aliphatic rings. The van der Waals surface area contributed by atoms with E-state index < -0.39 is 39.2 Å². The molecule has 3 N–H and O–H groups in total. The second kappa shape index (κ2) is 42.8. The van der Waals surface area contributed by atoms with Gasteiger partial charge in [0.25, 0.3) is 0 Å². The van der Waals surface area contributed by atoms with Crippen LogP contribution in [0.1, 0.15) is 181 Å². The van der Waals surface area contributed by atoms with Crippen LogP contribution in [0.3, 0.4) is 0 Å². The summed E-state index contributed by atoms with van der Waals surface area (Å²) in [7, 11) is -4.53. The lowest BCUT2D eigenvalue weighted by molar-refractivity contribution is -0.154. The third kappa shape index (κ3) is 41.8. The van der Waals surface area contributed by atoms with Crippen molar-refractivity contribution < 1.29 is 43.0 Å². The molecular weight excluding hydrogens is 727 g/mol. The van der Waals surface area contributed by atoms with Gasteiger partial charge in [0, 0.05) is 13.0 Å². The quantitative estimate of drug-likeness (QED) is 0.0239. The van der Waals surface area contributed by atoms with Crippen molar-refractivity contribution in [3.63, 3.8) is 0 Å². The summed E-state index contributed by atoms with van der Waals surface area (Å²) in [6.45, 7) is 3.35. The zero-order chi connectivity index (χ0) is 41.1. The molecule has 0 amide bonds. The van der Waals surface area contributed by atoms with E-state index in [-0.39, 0.29) is 19.6 Å². The number of allylic oxidation sites excluding steroid dienone is 10. The van der Waals surface area contributed by atoms with Gasteiger partial charge in [-0.3, -0.25) is 13.8 Å². The van der Waals surface area contributed by atoms with Gasteiger partial charge in [0.1, 0.15) is 12.2 Å². The van der Waals surface area contributed by atoms with Crippen LogP contribution in [0.25, 0.3) is 0 Å². The van der Waals surface area contributed by atoms with Gasteiger partial charge in [0.15, 0.2) is 0 Å². The molecule has 0 aliphatic carbocycles. The van der Waals surface area contributed by atoms with Crippen LogP contribution in [0.4, 0.5) is 0 Å². The topological polar surface area (TPSA) is 132 Å². The van der Waals surface area contributed by atoms with Gasteiger partial charge < -0.3 is 24.6 Å². The van der Waals surface area contributed by atoms with Crippen molar-refractivity contribution in [2.45, 2.75) is 193 Å². The molecule has 0 aromatic carbocycles. The predicted octanol–water partition coefficient (Wildman–Crippen LogP) is 12.4. The molecule has 3 unspecified atom stereocenters. The summed E-state index contributed by atoms with van der Waals surface area (Å²) in [5.41, 5.74) is 0. The van der Waals surface area contributed by atoms with E-state index >= 15 is 0 Å². The molecule has 326 valence electrons. The van der Waals surface area contributed by atoms with Crippen LogP contribution in [0.2, 0.25) is 0 Å². The number of phosphoric ester groups is 1. The number of aliphatic hydroxyl groups is 2. The molecule has 10 heteroatoms. The molecule has 3 atom stereocenters. The lowest BCUT2D eigenvalue weighted by Crippen LogP contribution is -2.29. The molecule has 0 fully saturated rings. The van der Waals surface area contributed by atoms with E-state index in [1.165, 1.54) is 77.0 Å².